The number of carbonyl (C=O) groups is 2. The minimum absolute atomic E-state index is 0.00592. The Balaban J connectivity index is 0.981. The van der Waals surface area contributed by atoms with Crippen LogP contribution in [-0.2, 0) is 26.1 Å². The standard InChI is InChI=1S/C45H37N9O5S2/c1-24-6-17-36(42-39(24)33(21-47)23-48-42)53-61(57,58)34-14-7-28(8-15-34)22-49-44(56)35-16-13-31(18-32(35)20-46)29-9-11-30(12-10-29)41-40-25(2)26(3)60-45(40)54-27(4)51-52-43(54)37(50-41)19-38(55)59-5/h6-18,23,37,48,53H,19,22H2,1-5H3,(H,49,56)/t37-/m0/s1. The lowest BCUT2D eigenvalue weighted by molar-refractivity contribution is -0.141. The monoisotopic (exact) mass is 847 g/mol. The normalized spacial score (nSPS) is 13.3. The number of methoxy groups -OCH3 is 1. The van der Waals surface area contributed by atoms with Crippen LogP contribution in [0.3, 0.4) is 0 Å². The van der Waals surface area contributed by atoms with Crippen molar-refractivity contribution >= 4 is 55.5 Å². The Morgan fingerprint density at radius 1 is 0.902 bits per heavy atom. The molecule has 8 rings (SSSR count). The highest BCUT2D eigenvalue weighted by atomic mass is 32.2. The van der Waals surface area contributed by atoms with E-state index in [2.05, 4.69) is 51.2 Å². The molecule has 0 unspecified atom stereocenters. The predicted octanol–water partition coefficient (Wildman–Crippen LogP) is 7.64. The Labute approximate surface area is 355 Å². The molecule has 4 heterocycles. The SMILES string of the molecule is COC(=O)C[C@@H]1N=C(c2ccc(-c3ccc(C(=O)NCc4ccc(S(=O)(=O)Nc5ccc(C)c6c(C#N)c[nH]c56)cc4)c(C#N)c3)cc2)c2c(sc(C)c2C)-n2c(C)nnc21. The smallest absolute Gasteiger partial charge is 0.308 e. The van der Waals surface area contributed by atoms with Crippen molar-refractivity contribution in [3.8, 4) is 28.3 Å². The number of hydrogen-bond acceptors (Lipinski definition) is 11. The second kappa shape index (κ2) is 16.0. The summed E-state index contributed by atoms with van der Waals surface area (Å²) in [5.41, 5.74) is 8.23. The van der Waals surface area contributed by atoms with Crippen molar-refractivity contribution in [3.63, 3.8) is 0 Å². The highest BCUT2D eigenvalue weighted by molar-refractivity contribution is 7.92. The molecule has 16 heteroatoms. The molecular formula is C45H37N9O5S2. The second-order valence-corrected chi connectivity index (χ2v) is 17.4. The molecule has 1 amide bonds. The van der Waals surface area contributed by atoms with E-state index in [1.807, 2.05) is 42.7 Å². The van der Waals surface area contributed by atoms with Crippen LogP contribution in [-0.4, -0.2) is 52.9 Å². The van der Waals surface area contributed by atoms with Crippen LogP contribution in [0.15, 0.2) is 94.9 Å². The fourth-order valence-corrected chi connectivity index (χ4v) is 9.75. The summed E-state index contributed by atoms with van der Waals surface area (Å²) in [6.07, 6.45) is 1.54. The zero-order valence-electron chi connectivity index (χ0n) is 33.6. The van der Waals surface area contributed by atoms with Crippen molar-refractivity contribution in [3.05, 3.63) is 146 Å². The number of aromatic nitrogens is 4. The van der Waals surface area contributed by atoms with E-state index in [0.29, 0.717) is 39.4 Å². The topological polar surface area (TPSA) is 208 Å². The number of sulfonamides is 1. The molecule has 0 saturated carbocycles. The maximum absolute atomic E-state index is 13.4. The highest BCUT2D eigenvalue weighted by Crippen LogP contribution is 2.40. The van der Waals surface area contributed by atoms with Crippen LogP contribution in [0.4, 0.5) is 5.69 Å². The highest BCUT2D eigenvalue weighted by Gasteiger charge is 2.32. The summed E-state index contributed by atoms with van der Waals surface area (Å²) in [6.45, 7) is 7.93. The number of rotatable bonds is 10. The van der Waals surface area contributed by atoms with Gasteiger partial charge in [-0.15, -0.1) is 21.5 Å². The average Bonchev–Trinajstić information content (AvgIpc) is 3.94. The summed E-state index contributed by atoms with van der Waals surface area (Å²) >= 11 is 1.62. The lowest BCUT2D eigenvalue weighted by Gasteiger charge is -2.13. The van der Waals surface area contributed by atoms with Gasteiger partial charge >= 0.3 is 5.97 Å². The molecule has 0 fully saturated rings. The predicted molar refractivity (Wildman–Crippen MR) is 231 cm³/mol. The first-order valence-electron chi connectivity index (χ1n) is 19.0. The minimum Gasteiger partial charge on any atom is -0.469 e. The third-order valence-electron chi connectivity index (χ3n) is 10.8. The Bertz CT molecular complexity index is 3150. The molecule has 0 aliphatic carbocycles. The molecule has 304 valence electrons. The number of esters is 1. The Kier molecular flexibility index (Phi) is 10.6. The van der Waals surface area contributed by atoms with Gasteiger partial charge in [0.05, 0.1) is 58.1 Å². The number of aliphatic imine (C=N–C) groups is 1. The van der Waals surface area contributed by atoms with Crippen LogP contribution in [0.1, 0.15) is 78.3 Å². The van der Waals surface area contributed by atoms with Crippen LogP contribution in [0.25, 0.3) is 27.0 Å². The van der Waals surface area contributed by atoms with Crippen molar-refractivity contribution in [2.24, 2.45) is 4.99 Å². The summed E-state index contributed by atoms with van der Waals surface area (Å²) in [4.78, 5) is 35.1. The number of nitriles is 2. The van der Waals surface area contributed by atoms with Gasteiger partial charge in [-0.2, -0.15) is 10.5 Å². The molecule has 61 heavy (non-hydrogen) atoms. The lowest BCUT2D eigenvalue weighted by Crippen LogP contribution is -2.23. The van der Waals surface area contributed by atoms with Gasteiger partial charge in [-0.25, -0.2) is 8.42 Å². The van der Waals surface area contributed by atoms with Gasteiger partial charge in [-0.05, 0) is 85.8 Å². The number of aromatic amines is 1. The van der Waals surface area contributed by atoms with Gasteiger partial charge in [0.15, 0.2) is 5.82 Å². The lowest BCUT2D eigenvalue weighted by atomic mass is 9.95. The van der Waals surface area contributed by atoms with Gasteiger partial charge in [0.1, 0.15) is 22.9 Å². The molecule has 1 aliphatic rings. The molecule has 14 nitrogen and oxygen atoms in total. The van der Waals surface area contributed by atoms with Crippen LogP contribution in [0, 0.1) is 50.4 Å². The molecule has 4 aromatic carbocycles. The maximum Gasteiger partial charge on any atom is 0.308 e. The second-order valence-electron chi connectivity index (χ2n) is 14.6. The maximum atomic E-state index is 13.4. The van der Waals surface area contributed by atoms with E-state index in [9.17, 15) is 28.5 Å². The Morgan fingerprint density at radius 3 is 2.31 bits per heavy atom. The minimum atomic E-state index is -3.98. The van der Waals surface area contributed by atoms with Crippen molar-refractivity contribution in [1.82, 2.24) is 25.1 Å². The van der Waals surface area contributed by atoms with Gasteiger partial charge in [-0.3, -0.25) is 23.9 Å². The van der Waals surface area contributed by atoms with E-state index in [-0.39, 0.29) is 29.0 Å². The number of anilines is 1. The number of fused-ring (bicyclic) bond motifs is 4. The first-order chi connectivity index (χ1) is 29.3. The number of thiophene rings is 1. The number of benzene rings is 4. The molecule has 0 radical (unpaired) electrons. The van der Waals surface area contributed by atoms with E-state index in [1.165, 1.54) is 19.2 Å². The van der Waals surface area contributed by atoms with E-state index >= 15 is 0 Å². The first kappa shape index (κ1) is 40.4. The number of amides is 1. The van der Waals surface area contributed by atoms with Crippen molar-refractivity contribution in [1.29, 1.82) is 10.5 Å². The quantitative estimate of drug-likeness (QED) is 0.115. The van der Waals surface area contributed by atoms with Crippen LogP contribution < -0.4 is 10.0 Å². The third-order valence-corrected chi connectivity index (χ3v) is 13.4. The first-order valence-corrected chi connectivity index (χ1v) is 21.3. The number of aryl methyl sites for hydroxylation is 3. The Morgan fingerprint density at radius 2 is 1.61 bits per heavy atom. The van der Waals surface area contributed by atoms with E-state index < -0.39 is 27.9 Å². The van der Waals surface area contributed by atoms with Crippen molar-refractivity contribution in [2.45, 2.75) is 51.6 Å². The van der Waals surface area contributed by atoms with Gasteiger partial charge in [0.2, 0.25) is 0 Å². The fraction of sp³-hybridized carbons (Fsp3) is 0.178. The molecule has 1 aliphatic heterocycles. The molecule has 7 aromatic rings. The largest absolute Gasteiger partial charge is 0.469 e. The van der Waals surface area contributed by atoms with Gasteiger partial charge in [0.25, 0.3) is 15.9 Å². The molecule has 0 bridgehead atoms. The number of nitrogens with one attached hydrogen (secondary N) is 3. The summed E-state index contributed by atoms with van der Waals surface area (Å²) in [5.74, 6) is 0.386. The van der Waals surface area contributed by atoms with Gasteiger partial charge in [-0.1, -0.05) is 48.5 Å². The van der Waals surface area contributed by atoms with Crippen LogP contribution in [0.2, 0.25) is 0 Å². The summed E-state index contributed by atoms with van der Waals surface area (Å²) in [5, 5.41) is 32.7. The molecule has 0 spiro atoms. The fourth-order valence-electron chi connectivity index (χ4n) is 7.46. The summed E-state index contributed by atoms with van der Waals surface area (Å²) < 4.78 is 36.2. The van der Waals surface area contributed by atoms with Gasteiger partial charge in [0, 0.05) is 34.1 Å². The van der Waals surface area contributed by atoms with E-state index in [1.54, 1.807) is 60.0 Å². The number of hydrogen-bond donors (Lipinski definition) is 3. The Hall–Kier alpha value is -7.40. The number of nitrogens with zero attached hydrogens (tertiary/aromatic N) is 6. The number of H-pyrrole nitrogens is 1. The molecule has 1 atom stereocenters. The zero-order chi connectivity index (χ0) is 43.2. The van der Waals surface area contributed by atoms with Crippen molar-refractivity contribution in [2.75, 3.05) is 11.8 Å². The summed E-state index contributed by atoms with van der Waals surface area (Å²) in [7, 11) is -2.64. The van der Waals surface area contributed by atoms with E-state index in [4.69, 9.17) is 9.73 Å². The summed E-state index contributed by atoms with van der Waals surface area (Å²) in [6, 6.07) is 26.0. The average molecular weight is 848 g/mol. The zero-order valence-corrected chi connectivity index (χ0v) is 35.2. The molecule has 3 aromatic heterocycles. The van der Waals surface area contributed by atoms with Crippen molar-refractivity contribution < 1.29 is 22.7 Å². The van der Waals surface area contributed by atoms with Crippen LogP contribution in [0.5, 0.6) is 0 Å². The number of ether oxygens (including phenoxy) is 1. The third kappa shape index (κ3) is 7.43. The molecule has 3 N–H and O–H groups in total. The van der Waals surface area contributed by atoms with E-state index in [0.717, 1.165) is 49.0 Å². The molecule has 0 saturated heterocycles. The number of carbonyl (C=O) groups excluding carboxylic acids is 2. The van der Waals surface area contributed by atoms with Gasteiger partial charge < -0.3 is 15.0 Å². The molecular weight excluding hydrogens is 811 g/mol. The van der Waals surface area contributed by atoms with Crippen LogP contribution >= 0.6 is 11.3 Å².